The minimum Gasteiger partial charge on any atom is -0.459 e. The molecule has 0 aromatic carbocycles. The maximum Gasteiger partial charge on any atom is 0.320 e. The molecule has 0 heterocycles. The Morgan fingerprint density at radius 2 is 1.94 bits per heavy atom. The molecule has 1 saturated carbocycles. The third-order valence-corrected chi connectivity index (χ3v) is 2.89. The number of hydrogen-bond donors (Lipinski definition) is 1. The summed E-state index contributed by atoms with van der Waals surface area (Å²) in [7, 11) is 0. The van der Waals surface area contributed by atoms with E-state index >= 15 is 0 Å². The fourth-order valence-electron chi connectivity index (χ4n) is 2.17. The molecule has 0 amide bonds. The van der Waals surface area contributed by atoms with Crippen LogP contribution in [0.5, 0.6) is 0 Å². The number of nitrogens with one attached hydrogen (secondary N) is 1. The van der Waals surface area contributed by atoms with Crippen LogP contribution in [0.4, 0.5) is 0 Å². The van der Waals surface area contributed by atoms with E-state index in [1.807, 2.05) is 20.8 Å². The zero-order valence-corrected chi connectivity index (χ0v) is 10.8. The number of rotatable bonds is 5. The Kier molecular flexibility index (Phi) is 5.26. The van der Waals surface area contributed by atoms with Crippen LogP contribution >= 0.6 is 0 Å². The summed E-state index contributed by atoms with van der Waals surface area (Å²) in [5, 5.41) is 3.16. The zero-order chi connectivity index (χ0) is 12.0. The molecular formula is C13H25NO2. The summed E-state index contributed by atoms with van der Waals surface area (Å²) >= 11 is 0. The fraction of sp³-hybridized carbons (Fsp3) is 0.923. The molecule has 16 heavy (non-hydrogen) atoms. The SMILES string of the molecule is CC(C)(C)OC(=O)CNCCC1CCCC1. The topological polar surface area (TPSA) is 38.3 Å². The second-order valence-corrected chi connectivity index (χ2v) is 5.70. The maximum atomic E-state index is 11.4. The van der Waals surface area contributed by atoms with Crippen LogP contribution in [-0.2, 0) is 9.53 Å². The second kappa shape index (κ2) is 6.24. The van der Waals surface area contributed by atoms with Crippen molar-refractivity contribution in [2.45, 2.75) is 58.5 Å². The van der Waals surface area contributed by atoms with E-state index in [4.69, 9.17) is 4.74 Å². The number of carbonyl (C=O) groups is 1. The van der Waals surface area contributed by atoms with Crippen LogP contribution in [0, 0.1) is 5.92 Å². The molecule has 0 aromatic rings. The molecule has 3 heteroatoms. The van der Waals surface area contributed by atoms with Gasteiger partial charge < -0.3 is 10.1 Å². The van der Waals surface area contributed by atoms with Crippen molar-refractivity contribution >= 4 is 5.97 Å². The molecular weight excluding hydrogens is 202 g/mol. The van der Waals surface area contributed by atoms with Crippen LogP contribution in [0.1, 0.15) is 52.9 Å². The number of carbonyl (C=O) groups excluding carboxylic acids is 1. The van der Waals surface area contributed by atoms with Crippen molar-refractivity contribution < 1.29 is 9.53 Å². The summed E-state index contributed by atoms with van der Waals surface area (Å²) in [6, 6.07) is 0. The molecule has 1 N–H and O–H groups in total. The van der Waals surface area contributed by atoms with Crippen LogP contribution in [0.3, 0.4) is 0 Å². The lowest BCUT2D eigenvalue weighted by Crippen LogP contribution is -2.32. The highest BCUT2D eigenvalue weighted by atomic mass is 16.6. The predicted octanol–water partition coefficient (Wildman–Crippen LogP) is 2.50. The minimum atomic E-state index is -0.371. The highest BCUT2D eigenvalue weighted by Crippen LogP contribution is 2.26. The quantitative estimate of drug-likeness (QED) is 0.579. The lowest BCUT2D eigenvalue weighted by atomic mass is 10.0. The molecule has 0 atom stereocenters. The van der Waals surface area contributed by atoms with E-state index in [0.29, 0.717) is 6.54 Å². The number of esters is 1. The smallest absolute Gasteiger partial charge is 0.320 e. The van der Waals surface area contributed by atoms with Crippen LogP contribution in [-0.4, -0.2) is 24.7 Å². The van der Waals surface area contributed by atoms with E-state index in [1.54, 1.807) is 0 Å². The third-order valence-electron chi connectivity index (χ3n) is 2.89. The summed E-state index contributed by atoms with van der Waals surface area (Å²) in [6.07, 6.45) is 6.71. The van der Waals surface area contributed by atoms with Gasteiger partial charge in [0.05, 0.1) is 6.54 Å². The number of ether oxygens (including phenoxy) is 1. The summed E-state index contributed by atoms with van der Waals surface area (Å²) < 4.78 is 5.21. The Morgan fingerprint density at radius 3 is 2.50 bits per heavy atom. The molecule has 0 spiro atoms. The van der Waals surface area contributed by atoms with Crippen molar-refractivity contribution in [3.8, 4) is 0 Å². The van der Waals surface area contributed by atoms with Crippen molar-refractivity contribution in [3.63, 3.8) is 0 Å². The molecule has 0 radical (unpaired) electrons. The van der Waals surface area contributed by atoms with Gasteiger partial charge in [-0.25, -0.2) is 0 Å². The van der Waals surface area contributed by atoms with E-state index < -0.39 is 0 Å². The van der Waals surface area contributed by atoms with Gasteiger partial charge in [-0.1, -0.05) is 25.7 Å². The van der Waals surface area contributed by atoms with Gasteiger partial charge in [0.25, 0.3) is 0 Å². The van der Waals surface area contributed by atoms with Gasteiger partial charge in [-0.15, -0.1) is 0 Å². The van der Waals surface area contributed by atoms with Gasteiger partial charge >= 0.3 is 5.97 Å². The van der Waals surface area contributed by atoms with Gasteiger partial charge in [0.2, 0.25) is 0 Å². The standard InChI is InChI=1S/C13H25NO2/c1-13(2,3)16-12(15)10-14-9-8-11-6-4-5-7-11/h11,14H,4-10H2,1-3H3. The predicted molar refractivity (Wildman–Crippen MR) is 65.3 cm³/mol. The van der Waals surface area contributed by atoms with Crippen LogP contribution in [0.2, 0.25) is 0 Å². The summed E-state index contributed by atoms with van der Waals surface area (Å²) in [5.41, 5.74) is -0.371. The molecule has 0 aliphatic heterocycles. The normalized spacial score (nSPS) is 17.7. The monoisotopic (exact) mass is 227 g/mol. The highest BCUT2D eigenvalue weighted by Gasteiger charge is 2.16. The van der Waals surface area contributed by atoms with E-state index in [0.717, 1.165) is 12.5 Å². The molecule has 1 rings (SSSR count). The Balaban J connectivity index is 2.00. The van der Waals surface area contributed by atoms with Crippen molar-refractivity contribution in [3.05, 3.63) is 0 Å². The Labute approximate surface area is 98.9 Å². The van der Waals surface area contributed by atoms with Crippen molar-refractivity contribution in [1.29, 1.82) is 0 Å². The van der Waals surface area contributed by atoms with E-state index in [2.05, 4.69) is 5.32 Å². The molecule has 0 unspecified atom stereocenters. The molecule has 94 valence electrons. The first-order valence-corrected chi connectivity index (χ1v) is 6.40. The Hall–Kier alpha value is -0.570. The van der Waals surface area contributed by atoms with E-state index in [-0.39, 0.29) is 11.6 Å². The summed E-state index contributed by atoms with van der Waals surface area (Å²) in [5.74, 6) is 0.727. The first kappa shape index (κ1) is 13.5. The molecule has 0 aromatic heterocycles. The van der Waals surface area contributed by atoms with Gasteiger partial charge in [0.1, 0.15) is 5.60 Å². The Bertz CT molecular complexity index is 214. The largest absolute Gasteiger partial charge is 0.459 e. The van der Waals surface area contributed by atoms with Crippen LogP contribution in [0.15, 0.2) is 0 Å². The molecule has 3 nitrogen and oxygen atoms in total. The first-order valence-electron chi connectivity index (χ1n) is 6.40. The maximum absolute atomic E-state index is 11.4. The van der Waals surface area contributed by atoms with Gasteiger partial charge in [-0.2, -0.15) is 0 Å². The molecule has 0 saturated heterocycles. The van der Waals surface area contributed by atoms with Crippen LogP contribution < -0.4 is 5.32 Å². The average Bonchev–Trinajstić information content (AvgIpc) is 2.62. The first-order chi connectivity index (χ1) is 7.47. The van der Waals surface area contributed by atoms with E-state index in [9.17, 15) is 4.79 Å². The average molecular weight is 227 g/mol. The Morgan fingerprint density at radius 1 is 1.31 bits per heavy atom. The number of hydrogen-bond acceptors (Lipinski definition) is 3. The van der Waals surface area contributed by atoms with Gasteiger partial charge in [-0.05, 0) is 39.7 Å². The molecule has 0 bridgehead atoms. The van der Waals surface area contributed by atoms with Gasteiger partial charge in [0.15, 0.2) is 0 Å². The zero-order valence-electron chi connectivity index (χ0n) is 10.8. The third kappa shape index (κ3) is 6.11. The fourth-order valence-corrected chi connectivity index (χ4v) is 2.17. The molecule has 1 fully saturated rings. The lowest BCUT2D eigenvalue weighted by Gasteiger charge is -2.19. The van der Waals surface area contributed by atoms with Crippen LogP contribution in [0.25, 0.3) is 0 Å². The molecule has 1 aliphatic carbocycles. The van der Waals surface area contributed by atoms with Crippen molar-refractivity contribution in [2.75, 3.05) is 13.1 Å². The second-order valence-electron chi connectivity index (χ2n) is 5.70. The summed E-state index contributed by atoms with van der Waals surface area (Å²) in [4.78, 5) is 11.4. The van der Waals surface area contributed by atoms with Crippen molar-refractivity contribution in [2.24, 2.45) is 5.92 Å². The van der Waals surface area contributed by atoms with Gasteiger partial charge in [0, 0.05) is 0 Å². The van der Waals surface area contributed by atoms with E-state index in [1.165, 1.54) is 32.1 Å². The van der Waals surface area contributed by atoms with Crippen molar-refractivity contribution in [1.82, 2.24) is 5.32 Å². The molecule has 1 aliphatic rings. The van der Waals surface area contributed by atoms with Gasteiger partial charge in [-0.3, -0.25) is 4.79 Å². The minimum absolute atomic E-state index is 0.154. The highest BCUT2D eigenvalue weighted by molar-refractivity contribution is 5.72. The summed E-state index contributed by atoms with van der Waals surface area (Å²) in [6.45, 7) is 6.95. The lowest BCUT2D eigenvalue weighted by molar-refractivity contribution is -0.153.